The first-order valence-electron chi connectivity index (χ1n) is 6.59. The minimum absolute atomic E-state index is 0.222. The second-order valence-electron chi connectivity index (χ2n) is 4.42. The molecular weight excluding hydrogens is 285 g/mol. The fourth-order valence-electron chi connectivity index (χ4n) is 1.84. The summed E-state index contributed by atoms with van der Waals surface area (Å²) in [5, 5.41) is 2.97. The van der Waals surface area contributed by atoms with Gasteiger partial charge in [-0.2, -0.15) is 0 Å². The number of rotatable bonds is 6. The van der Waals surface area contributed by atoms with Crippen LogP contribution in [0.5, 0.6) is 11.5 Å². The molecular formula is C17H16FNO3. The van der Waals surface area contributed by atoms with Crippen LogP contribution in [-0.2, 0) is 0 Å². The monoisotopic (exact) mass is 301 g/mol. The number of hydrogen-bond acceptors (Lipinski definition) is 4. The third-order valence-corrected chi connectivity index (χ3v) is 3.01. The van der Waals surface area contributed by atoms with Gasteiger partial charge in [0.05, 0.1) is 19.9 Å². The Bertz CT molecular complexity index is 681. The molecule has 0 aliphatic rings. The summed E-state index contributed by atoms with van der Waals surface area (Å²) in [6, 6.07) is 10.7. The Balaban J connectivity index is 2.06. The first-order valence-corrected chi connectivity index (χ1v) is 6.59. The van der Waals surface area contributed by atoms with Crippen LogP contribution in [0.3, 0.4) is 0 Å². The van der Waals surface area contributed by atoms with Crippen LogP contribution in [0.15, 0.2) is 54.7 Å². The molecule has 0 aliphatic carbocycles. The number of ketones is 1. The van der Waals surface area contributed by atoms with Gasteiger partial charge in [-0.3, -0.25) is 4.79 Å². The van der Waals surface area contributed by atoms with Crippen LogP contribution < -0.4 is 14.8 Å². The van der Waals surface area contributed by atoms with E-state index in [1.807, 2.05) is 0 Å². The molecule has 114 valence electrons. The molecule has 0 saturated carbocycles. The Hall–Kier alpha value is -2.82. The Morgan fingerprint density at radius 2 is 1.82 bits per heavy atom. The summed E-state index contributed by atoms with van der Waals surface area (Å²) in [6.45, 7) is 0. The largest absolute Gasteiger partial charge is 0.497 e. The van der Waals surface area contributed by atoms with E-state index in [2.05, 4.69) is 5.32 Å². The number of nitrogens with one attached hydrogen (secondary N) is 1. The van der Waals surface area contributed by atoms with Gasteiger partial charge in [0.25, 0.3) is 0 Å². The van der Waals surface area contributed by atoms with Crippen molar-refractivity contribution < 1.29 is 18.7 Å². The minimum Gasteiger partial charge on any atom is -0.497 e. The molecule has 0 bridgehead atoms. The van der Waals surface area contributed by atoms with Gasteiger partial charge in [-0.05, 0) is 36.4 Å². The maximum absolute atomic E-state index is 12.8. The average Bonchev–Trinajstić information content (AvgIpc) is 2.55. The van der Waals surface area contributed by atoms with Crippen LogP contribution in [-0.4, -0.2) is 20.0 Å². The van der Waals surface area contributed by atoms with Gasteiger partial charge in [-0.25, -0.2) is 4.39 Å². The van der Waals surface area contributed by atoms with Crippen LogP contribution in [0.4, 0.5) is 10.1 Å². The van der Waals surface area contributed by atoms with Crippen LogP contribution >= 0.6 is 0 Å². The zero-order valence-corrected chi connectivity index (χ0v) is 12.3. The zero-order chi connectivity index (χ0) is 15.9. The number of hydrogen-bond donors (Lipinski definition) is 1. The first-order chi connectivity index (χ1) is 10.6. The summed E-state index contributed by atoms with van der Waals surface area (Å²) < 4.78 is 23.2. The zero-order valence-electron chi connectivity index (χ0n) is 12.3. The highest BCUT2D eigenvalue weighted by Gasteiger charge is 2.04. The Kier molecular flexibility index (Phi) is 5.14. The fourth-order valence-corrected chi connectivity index (χ4v) is 1.84. The SMILES string of the molecule is COc1ccc(N/C=C/C(=O)c2ccc(F)cc2)c(OC)c1. The lowest BCUT2D eigenvalue weighted by Gasteiger charge is -2.09. The highest BCUT2D eigenvalue weighted by Crippen LogP contribution is 2.28. The smallest absolute Gasteiger partial charge is 0.187 e. The van der Waals surface area contributed by atoms with Gasteiger partial charge in [-0.15, -0.1) is 0 Å². The molecule has 0 amide bonds. The molecule has 0 spiro atoms. The van der Waals surface area contributed by atoms with Gasteiger partial charge >= 0.3 is 0 Å². The summed E-state index contributed by atoms with van der Waals surface area (Å²) in [5.41, 5.74) is 1.12. The highest BCUT2D eigenvalue weighted by molar-refractivity contribution is 6.04. The Labute approximate surface area is 128 Å². The molecule has 2 aromatic rings. The predicted molar refractivity (Wildman–Crippen MR) is 83.0 cm³/mol. The number of benzene rings is 2. The van der Waals surface area contributed by atoms with Crippen molar-refractivity contribution in [1.29, 1.82) is 0 Å². The summed E-state index contributed by atoms with van der Waals surface area (Å²) >= 11 is 0. The molecule has 0 fully saturated rings. The van der Waals surface area contributed by atoms with E-state index in [-0.39, 0.29) is 11.6 Å². The van der Waals surface area contributed by atoms with Crippen molar-refractivity contribution in [2.45, 2.75) is 0 Å². The van der Waals surface area contributed by atoms with E-state index in [4.69, 9.17) is 9.47 Å². The van der Waals surface area contributed by atoms with Crippen LogP contribution in [0.25, 0.3) is 0 Å². The molecule has 0 heterocycles. The lowest BCUT2D eigenvalue weighted by atomic mass is 10.1. The standard InChI is InChI=1S/C17H16FNO3/c1-21-14-7-8-15(17(11-14)22-2)19-10-9-16(20)12-3-5-13(18)6-4-12/h3-11,19H,1-2H3/b10-9+. The molecule has 0 aliphatic heterocycles. The molecule has 4 nitrogen and oxygen atoms in total. The Morgan fingerprint density at radius 3 is 2.45 bits per heavy atom. The maximum Gasteiger partial charge on any atom is 0.187 e. The van der Waals surface area contributed by atoms with E-state index >= 15 is 0 Å². The van der Waals surface area contributed by atoms with E-state index in [9.17, 15) is 9.18 Å². The fraction of sp³-hybridized carbons (Fsp3) is 0.118. The third-order valence-electron chi connectivity index (χ3n) is 3.01. The molecule has 2 rings (SSSR count). The third kappa shape index (κ3) is 3.85. The number of ether oxygens (including phenoxy) is 2. The van der Waals surface area contributed by atoms with E-state index in [1.165, 1.54) is 36.5 Å². The van der Waals surface area contributed by atoms with Crippen LogP contribution in [0.1, 0.15) is 10.4 Å². The summed E-state index contributed by atoms with van der Waals surface area (Å²) in [5.74, 6) is 0.675. The minimum atomic E-state index is -0.373. The van der Waals surface area contributed by atoms with E-state index in [1.54, 1.807) is 32.4 Å². The van der Waals surface area contributed by atoms with Gasteiger partial charge in [-0.1, -0.05) is 0 Å². The maximum atomic E-state index is 12.8. The molecule has 0 radical (unpaired) electrons. The summed E-state index contributed by atoms with van der Waals surface area (Å²) in [7, 11) is 3.12. The number of allylic oxidation sites excluding steroid dienone is 1. The van der Waals surface area contributed by atoms with Gasteiger partial charge < -0.3 is 14.8 Å². The van der Waals surface area contributed by atoms with Gasteiger partial charge in [0.1, 0.15) is 17.3 Å². The van der Waals surface area contributed by atoms with Crippen molar-refractivity contribution in [3.8, 4) is 11.5 Å². The Morgan fingerprint density at radius 1 is 1.09 bits per heavy atom. The van der Waals surface area contributed by atoms with Gasteiger partial charge in [0.2, 0.25) is 0 Å². The van der Waals surface area contributed by atoms with Crippen molar-refractivity contribution in [1.82, 2.24) is 0 Å². The van der Waals surface area contributed by atoms with Crippen LogP contribution in [0, 0.1) is 5.82 Å². The number of carbonyl (C=O) groups excluding carboxylic acids is 1. The van der Waals surface area contributed by atoms with Crippen LogP contribution in [0.2, 0.25) is 0 Å². The number of halogens is 1. The van der Waals surface area contributed by atoms with Crippen molar-refractivity contribution >= 4 is 11.5 Å². The normalized spacial score (nSPS) is 10.5. The molecule has 0 unspecified atom stereocenters. The molecule has 22 heavy (non-hydrogen) atoms. The molecule has 2 aromatic carbocycles. The molecule has 5 heteroatoms. The second-order valence-corrected chi connectivity index (χ2v) is 4.42. The highest BCUT2D eigenvalue weighted by atomic mass is 19.1. The summed E-state index contributed by atoms with van der Waals surface area (Å²) in [4.78, 5) is 11.9. The number of carbonyl (C=O) groups is 1. The van der Waals surface area contributed by atoms with E-state index in [0.29, 0.717) is 22.7 Å². The van der Waals surface area contributed by atoms with Crippen molar-refractivity contribution in [3.63, 3.8) is 0 Å². The summed E-state index contributed by atoms with van der Waals surface area (Å²) in [6.07, 6.45) is 2.88. The molecule has 0 atom stereocenters. The van der Waals surface area contributed by atoms with E-state index < -0.39 is 0 Å². The quantitative estimate of drug-likeness (QED) is 0.653. The molecule has 1 N–H and O–H groups in total. The molecule has 0 saturated heterocycles. The lowest BCUT2D eigenvalue weighted by Crippen LogP contribution is -1.98. The predicted octanol–water partition coefficient (Wildman–Crippen LogP) is 3.65. The van der Waals surface area contributed by atoms with Gasteiger partial charge in [0.15, 0.2) is 5.78 Å². The van der Waals surface area contributed by atoms with Crippen molar-refractivity contribution in [2.24, 2.45) is 0 Å². The average molecular weight is 301 g/mol. The first kappa shape index (κ1) is 15.6. The van der Waals surface area contributed by atoms with E-state index in [0.717, 1.165) is 0 Å². The molecule has 0 aromatic heterocycles. The van der Waals surface area contributed by atoms with Crippen molar-refractivity contribution in [3.05, 3.63) is 66.1 Å². The lowest BCUT2D eigenvalue weighted by molar-refractivity contribution is 0.104. The van der Waals surface area contributed by atoms with Crippen molar-refractivity contribution in [2.75, 3.05) is 19.5 Å². The topological polar surface area (TPSA) is 47.6 Å². The number of anilines is 1. The second kappa shape index (κ2) is 7.26. The van der Waals surface area contributed by atoms with Gasteiger partial charge in [0, 0.05) is 23.9 Å². The number of methoxy groups -OCH3 is 2.